The second kappa shape index (κ2) is 6.77. The fourth-order valence-corrected chi connectivity index (χ4v) is 5.27. The van der Waals surface area contributed by atoms with Crippen molar-refractivity contribution >= 4 is 16.7 Å². The largest absolute Gasteiger partial charge is 0.390 e. The molecule has 1 aromatic carbocycles. The molecule has 0 spiro atoms. The van der Waals surface area contributed by atoms with E-state index in [0.717, 1.165) is 35.6 Å². The Kier molecular flexibility index (Phi) is 4.40. The molecule has 158 valence electrons. The van der Waals surface area contributed by atoms with Gasteiger partial charge in [-0.15, -0.1) is 0 Å². The predicted octanol–water partition coefficient (Wildman–Crippen LogP) is 4.10. The quantitative estimate of drug-likeness (QED) is 0.708. The van der Waals surface area contributed by atoms with Gasteiger partial charge in [-0.1, -0.05) is 32.4 Å². The van der Waals surface area contributed by atoms with Gasteiger partial charge in [-0.2, -0.15) is 5.10 Å². The highest BCUT2D eigenvalue weighted by Crippen LogP contribution is 2.44. The molecule has 0 bridgehead atoms. The van der Waals surface area contributed by atoms with Gasteiger partial charge in [0.1, 0.15) is 12.1 Å². The number of fused-ring (bicyclic) bond motifs is 1. The Morgan fingerprint density at radius 1 is 1.10 bits per heavy atom. The van der Waals surface area contributed by atoms with Crippen LogP contribution in [0.4, 0.5) is 5.82 Å². The average Bonchev–Trinajstić information content (AvgIpc) is 3.29. The smallest absolute Gasteiger partial charge is 0.159 e. The van der Waals surface area contributed by atoms with Gasteiger partial charge in [-0.05, 0) is 49.7 Å². The van der Waals surface area contributed by atoms with Crippen LogP contribution in [-0.2, 0) is 5.41 Å². The lowest BCUT2D eigenvalue weighted by atomic mass is 9.66. The van der Waals surface area contributed by atoms with Crippen molar-refractivity contribution < 1.29 is 5.11 Å². The molecular weight excluding hydrogens is 374 g/mol. The van der Waals surface area contributed by atoms with E-state index in [1.165, 1.54) is 24.8 Å². The molecule has 0 amide bonds. The van der Waals surface area contributed by atoms with Crippen LogP contribution >= 0.6 is 0 Å². The molecule has 1 N–H and O–H groups in total. The summed E-state index contributed by atoms with van der Waals surface area (Å²) in [7, 11) is 0. The minimum Gasteiger partial charge on any atom is -0.390 e. The highest BCUT2D eigenvalue weighted by molar-refractivity contribution is 5.81. The van der Waals surface area contributed by atoms with Crippen LogP contribution in [-0.4, -0.2) is 43.5 Å². The first-order valence-electron chi connectivity index (χ1n) is 11.0. The number of aliphatic hydroxyl groups is 1. The second-order valence-electron chi connectivity index (χ2n) is 10.1. The van der Waals surface area contributed by atoms with Crippen molar-refractivity contribution in [2.24, 2.45) is 11.8 Å². The van der Waals surface area contributed by atoms with Crippen molar-refractivity contribution in [2.45, 2.75) is 58.0 Å². The van der Waals surface area contributed by atoms with Gasteiger partial charge in [0.05, 0.1) is 17.3 Å². The molecule has 0 radical (unpaired) electrons. The zero-order chi connectivity index (χ0) is 21.1. The molecule has 3 heterocycles. The Hall–Kier alpha value is -2.47. The van der Waals surface area contributed by atoms with Crippen molar-refractivity contribution in [1.29, 1.82) is 0 Å². The SMILES string of the molecule is CC1CN(c2cc(-n3ncc4ccc(C5(C)CCC5)cc43)ncn2)CC1C(C)(C)O. The molecule has 2 aromatic heterocycles. The van der Waals surface area contributed by atoms with E-state index in [0.29, 0.717) is 5.92 Å². The van der Waals surface area contributed by atoms with Crippen molar-refractivity contribution in [3.63, 3.8) is 0 Å². The summed E-state index contributed by atoms with van der Waals surface area (Å²) in [6.07, 6.45) is 7.34. The topological polar surface area (TPSA) is 67.1 Å². The number of rotatable bonds is 4. The summed E-state index contributed by atoms with van der Waals surface area (Å²) in [6, 6.07) is 8.73. The summed E-state index contributed by atoms with van der Waals surface area (Å²) in [5, 5.41) is 16.3. The molecule has 6 heteroatoms. The van der Waals surface area contributed by atoms with Gasteiger partial charge in [0, 0.05) is 30.5 Å². The minimum absolute atomic E-state index is 0.215. The van der Waals surface area contributed by atoms with Crippen LogP contribution < -0.4 is 4.90 Å². The molecule has 2 atom stereocenters. The van der Waals surface area contributed by atoms with Gasteiger partial charge < -0.3 is 10.0 Å². The molecule has 2 fully saturated rings. The van der Waals surface area contributed by atoms with Crippen LogP contribution in [0.25, 0.3) is 16.7 Å². The van der Waals surface area contributed by atoms with E-state index in [1.54, 1.807) is 6.33 Å². The van der Waals surface area contributed by atoms with Crippen LogP contribution in [0, 0.1) is 11.8 Å². The van der Waals surface area contributed by atoms with Crippen molar-refractivity contribution in [2.75, 3.05) is 18.0 Å². The van der Waals surface area contributed by atoms with Gasteiger partial charge >= 0.3 is 0 Å². The third kappa shape index (κ3) is 3.18. The molecule has 1 saturated carbocycles. The zero-order valence-corrected chi connectivity index (χ0v) is 18.3. The lowest BCUT2D eigenvalue weighted by Crippen LogP contribution is -2.35. The number of anilines is 1. The number of nitrogens with zero attached hydrogens (tertiary/aromatic N) is 5. The normalized spacial score (nSPS) is 23.7. The maximum absolute atomic E-state index is 10.5. The van der Waals surface area contributed by atoms with Crippen LogP contribution in [0.1, 0.15) is 52.5 Å². The number of hydrogen-bond acceptors (Lipinski definition) is 5. The molecule has 3 aromatic rings. The summed E-state index contributed by atoms with van der Waals surface area (Å²) < 4.78 is 1.93. The zero-order valence-electron chi connectivity index (χ0n) is 18.3. The monoisotopic (exact) mass is 405 g/mol. The van der Waals surface area contributed by atoms with Gasteiger partial charge in [-0.25, -0.2) is 14.6 Å². The summed E-state index contributed by atoms with van der Waals surface area (Å²) in [5.74, 6) is 2.29. The number of aromatic nitrogens is 4. The summed E-state index contributed by atoms with van der Waals surface area (Å²) in [4.78, 5) is 11.3. The van der Waals surface area contributed by atoms with Gasteiger partial charge in [0.25, 0.3) is 0 Å². The molecule has 1 saturated heterocycles. The van der Waals surface area contributed by atoms with Crippen LogP contribution in [0.3, 0.4) is 0 Å². The van der Waals surface area contributed by atoms with E-state index >= 15 is 0 Å². The third-order valence-corrected chi connectivity index (χ3v) is 7.42. The Balaban J connectivity index is 1.49. The summed E-state index contributed by atoms with van der Waals surface area (Å²) in [6.45, 7) is 10.0. The fourth-order valence-electron chi connectivity index (χ4n) is 5.27. The van der Waals surface area contributed by atoms with E-state index in [9.17, 15) is 5.11 Å². The lowest BCUT2D eigenvalue weighted by molar-refractivity contribution is 0.0105. The first kappa shape index (κ1) is 19.5. The van der Waals surface area contributed by atoms with Crippen molar-refractivity contribution in [1.82, 2.24) is 19.7 Å². The Morgan fingerprint density at radius 2 is 1.87 bits per heavy atom. The first-order valence-corrected chi connectivity index (χ1v) is 11.0. The Morgan fingerprint density at radius 3 is 2.53 bits per heavy atom. The molecule has 1 aliphatic heterocycles. The molecule has 1 aliphatic carbocycles. The summed E-state index contributed by atoms with van der Waals surface area (Å²) >= 11 is 0. The third-order valence-electron chi connectivity index (χ3n) is 7.42. The standard InChI is InChI=1S/C24H31N5O/c1-16-13-28(14-19(16)23(2,3)30)21-11-22(26-15-25-21)29-20-10-18(24(4)8-5-9-24)7-6-17(20)12-27-29/h6-7,10-12,15-16,19,30H,5,8-9,13-14H2,1-4H3. The highest BCUT2D eigenvalue weighted by Gasteiger charge is 2.39. The van der Waals surface area contributed by atoms with Crippen LogP contribution in [0.15, 0.2) is 36.8 Å². The Labute approximate surface area is 178 Å². The molecule has 2 aliphatic rings. The fraction of sp³-hybridized carbons (Fsp3) is 0.542. The number of hydrogen-bond donors (Lipinski definition) is 1. The van der Waals surface area contributed by atoms with Gasteiger partial charge in [0.2, 0.25) is 0 Å². The van der Waals surface area contributed by atoms with E-state index in [2.05, 4.69) is 52.0 Å². The molecule has 5 rings (SSSR count). The maximum atomic E-state index is 10.5. The molecule has 6 nitrogen and oxygen atoms in total. The van der Waals surface area contributed by atoms with Gasteiger partial charge in [0.15, 0.2) is 5.82 Å². The maximum Gasteiger partial charge on any atom is 0.159 e. The lowest BCUT2D eigenvalue weighted by Gasteiger charge is -2.39. The average molecular weight is 406 g/mol. The predicted molar refractivity (Wildman–Crippen MR) is 119 cm³/mol. The first-order chi connectivity index (χ1) is 14.2. The van der Waals surface area contributed by atoms with E-state index in [1.807, 2.05) is 30.8 Å². The van der Waals surface area contributed by atoms with E-state index < -0.39 is 5.60 Å². The van der Waals surface area contributed by atoms with Crippen LogP contribution in [0.5, 0.6) is 0 Å². The molecular formula is C24H31N5O. The minimum atomic E-state index is -0.698. The molecule has 2 unspecified atom stereocenters. The number of benzene rings is 1. The summed E-state index contributed by atoms with van der Waals surface area (Å²) in [5.41, 5.74) is 2.07. The van der Waals surface area contributed by atoms with Gasteiger partial charge in [-0.3, -0.25) is 0 Å². The van der Waals surface area contributed by atoms with E-state index in [-0.39, 0.29) is 11.3 Å². The second-order valence-corrected chi connectivity index (χ2v) is 10.1. The van der Waals surface area contributed by atoms with E-state index in [4.69, 9.17) is 0 Å². The Bertz CT molecular complexity index is 1080. The van der Waals surface area contributed by atoms with Crippen molar-refractivity contribution in [3.8, 4) is 5.82 Å². The highest BCUT2D eigenvalue weighted by atomic mass is 16.3. The van der Waals surface area contributed by atoms with Crippen LogP contribution in [0.2, 0.25) is 0 Å². The molecule has 30 heavy (non-hydrogen) atoms. The van der Waals surface area contributed by atoms with Crippen molar-refractivity contribution in [3.05, 3.63) is 42.4 Å².